The first-order chi connectivity index (χ1) is 9.04. The lowest BCUT2D eigenvalue weighted by Crippen LogP contribution is -2.16. The molecule has 0 fully saturated rings. The van der Waals surface area contributed by atoms with Gasteiger partial charge in [0.05, 0.1) is 6.42 Å². The fourth-order valence-corrected chi connectivity index (χ4v) is 1.79. The van der Waals surface area contributed by atoms with Gasteiger partial charge in [0, 0.05) is 15.8 Å². The Bertz CT molecular complexity index is 602. The second-order valence-corrected chi connectivity index (χ2v) is 5.07. The summed E-state index contributed by atoms with van der Waals surface area (Å²) in [5.41, 5.74) is 0.143. The molecular formula is C13H9F2IN2O. The number of hydrogen-bond acceptors (Lipinski definition) is 2. The van der Waals surface area contributed by atoms with Crippen LogP contribution in [-0.2, 0) is 11.2 Å². The number of pyridine rings is 1. The summed E-state index contributed by atoms with van der Waals surface area (Å²) in [4.78, 5) is 15.7. The molecule has 6 heteroatoms. The zero-order valence-corrected chi connectivity index (χ0v) is 11.8. The normalized spacial score (nSPS) is 10.3. The highest BCUT2D eigenvalue weighted by molar-refractivity contribution is 14.1. The molecule has 0 saturated heterocycles. The Morgan fingerprint density at radius 3 is 2.68 bits per heavy atom. The zero-order chi connectivity index (χ0) is 13.8. The van der Waals surface area contributed by atoms with Crippen LogP contribution in [0, 0.1) is 15.2 Å². The molecule has 0 bridgehead atoms. The Morgan fingerprint density at radius 1 is 1.26 bits per heavy atom. The summed E-state index contributed by atoms with van der Waals surface area (Å²) < 4.78 is 27.0. The van der Waals surface area contributed by atoms with Gasteiger partial charge in [-0.25, -0.2) is 13.8 Å². The van der Waals surface area contributed by atoms with E-state index in [1.807, 2.05) is 0 Å². The third-order valence-electron chi connectivity index (χ3n) is 2.36. The first kappa shape index (κ1) is 13.9. The lowest BCUT2D eigenvalue weighted by atomic mass is 10.1. The summed E-state index contributed by atoms with van der Waals surface area (Å²) in [6.07, 6.45) is 1.44. The van der Waals surface area contributed by atoms with Gasteiger partial charge in [0.15, 0.2) is 0 Å². The fraction of sp³-hybridized carbons (Fsp3) is 0.0769. The molecule has 1 heterocycles. The number of nitrogens with one attached hydrogen (secondary N) is 1. The van der Waals surface area contributed by atoms with E-state index in [2.05, 4.69) is 32.9 Å². The predicted octanol–water partition coefficient (Wildman–Crippen LogP) is 3.15. The Hall–Kier alpha value is -1.57. The molecule has 2 rings (SSSR count). The largest absolute Gasteiger partial charge is 0.310 e. The Kier molecular flexibility index (Phi) is 4.41. The Balaban J connectivity index is 2.03. The van der Waals surface area contributed by atoms with Crippen LogP contribution >= 0.6 is 22.6 Å². The van der Waals surface area contributed by atoms with Crippen LogP contribution in [0.25, 0.3) is 0 Å². The van der Waals surface area contributed by atoms with E-state index >= 15 is 0 Å². The van der Waals surface area contributed by atoms with Crippen LogP contribution in [0.15, 0.2) is 36.5 Å². The highest BCUT2D eigenvalue weighted by atomic mass is 127. The smallest absolute Gasteiger partial charge is 0.230 e. The van der Waals surface area contributed by atoms with Crippen LogP contribution in [-0.4, -0.2) is 10.9 Å². The quantitative estimate of drug-likeness (QED) is 0.839. The van der Waals surface area contributed by atoms with E-state index in [-0.39, 0.29) is 12.0 Å². The van der Waals surface area contributed by atoms with Crippen LogP contribution in [0.1, 0.15) is 5.56 Å². The molecule has 98 valence electrons. The number of halogens is 3. The van der Waals surface area contributed by atoms with Gasteiger partial charge in [0.2, 0.25) is 5.91 Å². The maximum absolute atomic E-state index is 13.4. The van der Waals surface area contributed by atoms with Crippen molar-refractivity contribution in [1.82, 2.24) is 4.98 Å². The van der Waals surface area contributed by atoms with Crippen molar-refractivity contribution in [1.29, 1.82) is 0 Å². The molecule has 0 unspecified atom stereocenters. The van der Waals surface area contributed by atoms with Gasteiger partial charge in [-0.15, -0.1) is 0 Å². The standard InChI is InChI=1S/C13H9F2IN2O/c14-9-2-1-8(11(15)6-9)5-13(19)18-12-4-3-10(16)7-17-12/h1-4,6-7H,5H2,(H,17,18,19). The second-order valence-electron chi connectivity index (χ2n) is 3.82. The summed E-state index contributed by atoms with van der Waals surface area (Å²) in [5.74, 6) is -1.40. The van der Waals surface area contributed by atoms with Gasteiger partial charge in [0.1, 0.15) is 17.5 Å². The molecule has 0 aliphatic rings. The number of hydrogen-bond donors (Lipinski definition) is 1. The van der Waals surface area contributed by atoms with Gasteiger partial charge >= 0.3 is 0 Å². The topological polar surface area (TPSA) is 42.0 Å². The van der Waals surface area contributed by atoms with Crippen molar-refractivity contribution < 1.29 is 13.6 Å². The first-order valence-electron chi connectivity index (χ1n) is 5.40. The minimum atomic E-state index is -0.731. The van der Waals surface area contributed by atoms with Crippen molar-refractivity contribution in [2.24, 2.45) is 0 Å². The van der Waals surface area contributed by atoms with Crippen LogP contribution in [0.3, 0.4) is 0 Å². The third kappa shape index (κ3) is 3.95. The molecular weight excluding hydrogens is 365 g/mol. The number of aromatic nitrogens is 1. The summed E-state index contributed by atoms with van der Waals surface area (Å²) in [5, 5.41) is 2.55. The lowest BCUT2D eigenvalue weighted by molar-refractivity contribution is -0.115. The average Bonchev–Trinajstić information content (AvgIpc) is 2.36. The highest BCUT2D eigenvalue weighted by Gasteiger charge is 2.09. The van der Waals surface area contributed by atoms with Gasteiger partial charge < -0.3 is 5.32 Å². The van der Waals surface area contributed by atoms with E-state index in [4.69, 9.17) is 0 Å². The molecule has 1 aromatic heterocycles. The molecule has 0 saturated carbocycles. The summed E-state index contributed by atoms with van der Waals surface area (Å²) in [6, 6.07) is 6.58. The van der Waals surface area contributed by atoms with Crippen molar-refractivity contribution in [3.63, 3.8) is 0 Å². The number of anilines is 1. The van der Waals surface area contributed by atoms with E-state index in [0.717, 1.165) is 15.7 Å². The maximum atomic E-state index is 13.4. The number of amides is 1. The van der Waals surface area contributed by atoms with E-state index in [0.29, 0.717) is 5.82 Å². The van der Waals surface area contributed by atoms with Gasteiger partial charge in [-0.3, -0.25) is 4.79 Å². The lowest BCUT2D eigenvalue weighted by Gasteiger charge is -2.05. The fourth-order valence-electron chi connectivity index (χ4n) is 1.47. The number of carbonyl (C=O) groups excluding carboxylic acids is 1. The van der Waals surface area contributed by atoms with E-state index in [1.54, 1.807) is 18.3 Å². The molecule has 19 heavy (non-hydrogen) atoms. The number of rotatable bonds is 3. The number of nitrogens with zero attached hydrogens (tertiary/aromatic N) is 1. The van der Waals surface area contributed by atoms with Gasteiger partial charge in [-0.2, -0.15) is 0 Å². The van der Waals surface area contributed by atoms with Gasteiger partial charge in [0.25, 0.3) is 0 Å². The minimum absolute atomic E-state index is 0.143. The van der Waals surface area contributed by atoms with Crippen LogP contribution in [0.4, 0.5) is 14.6 Å². The predicted molar refractivity (Wildman–Crippen MR) is 75.6 cm³/mol. The molecule has 0 atom stereocenters. The second kappa shape index (κ2) is 6.05. The maximum Gasteiger partial charge on any atom is 0.230 e. The molecule has 2 aromatic rings. The van der Waals surface area contributed by atoms with Crippen LogP contribution in [0.5, 0.6) is 0 Å². The van der Waals surface area contributed by atoms with E-state index in [9.17, 15) is 13.6 Å². The highest BCUT2D eigenvalue weighted by Crippen LogP contribution is 2.12. The number of carbonyl (C=O) groups is 1. The van der Waals surface area contributed by atoms with Crippen molar-refractivity contribution in [3.05, 3.63) is 57.3 Å². The molecule has 0 aliphatic carbocycles. The van der Waals surface area contributed by atoms with Crippen molar-refractivity contribution in [3.8, 4) is 0 Å². The molecule has 1 N–H and O–H groups in total. The first-order valence-corrected chi connectivity index (χ1v) is 6.48. The Morgan fingerprint density at radius 2 is 2.05 bits per heavy atom. The molecule has 1 amide bonds. The van der Waals surface area contributed by atoms with Gasteiger partial charge in [-0.05, 0) is 46.4 Å². The van der Waals surface area contributed by atoms with Crippen molar-refractivity contribution in [2.45, 2.75) is 6.42 Å². The molecule has 0 aliphatic heterocycles. The summed E-state index contributed by atoms with van der Waals surface area (Å²) >= 11 is 2.10. The summed E-state index contributed by atoms with van der Waals surface area (Å²) in [6.45, 7) is 0. The van der Waals surface area contributed by atoms with E-state index in [1.165, 1.54) is 6.07 Å². The monoisotopic (exact) mass is 374 g/mol. The minimum Gasteiger partial charge on any atom is -0.310 e. The SMILES string of the molecule is O=C(Cc1ccc(F)cc1F)Nc1ccc(I)cn1. The third-order valence-corrected chi connectivity index (χ3v) is 3.00. The number of benzene rings is 1. The summed E-state index contributed by atoms with van der Waals surface area (Å²) in [7, 11) is 0. The van der Waals surface area contributed by atoms with Crippen LogP contribution < -0.4 is 5.32 Å². The molecule has 1 aromatic carbocycles. The van der Waals surface area contributed by atoms with Crippen molar-refractivity contribution >= 4 is 34.3 Å². The van der Waals surface area contributed by atoms with E-state index < -0.39 is 17.5 Å². The molecule has 3 nitrogen and oxygen atoms in total. The molecule has 0 spiro atoms. The molecule has 0 radical (unpaired) electrons. The van der Waals surface area contributed by atoms with Gasteiger partial charge in [-0.1, -0.05) is 6.07 Å². The van der Waals surface area contributed by atoms with Crippen molar-refractivity contribution in [2.75, 3.05) is 5.32 Å². The van der Waals surface area contributed by atoms with Crippen LogP contribution in [0.2, 0.25) is 0 Å². The average molecular weight is 374 g/mol. The zero-order valence-electron chi connectivity index (χ0n) is 9.66. The Labute approximate surface area is 122 Å².